The van der Waals surface area contributed by atoms with Gasteiger partial charge in [-0.3, -0.25) is 0 Å². The van der Waals surface area contributed by atoms with Gasteiger partial charge in [-0.15, -0.1) is 0 Å². The van der Waals surface area contributed by atoms with Crippen LogP contribution in [0.2, 0.25) is 18.1 Å². The van der Waals surface area contributed by atoms with Gasteiger partial charge >= 0.3 is 0 Å². The Hall–Kier alpha value is -1.39. The van der Waals surface area contributed by atoms with Crippen molar-refractivity contribution in [1.82, 2.24) is 9.55 Å². The van der Waals surface area contributed by atoms with E-state index in [1.165, 1.54) is 0 Å². The Morgan fingerprint density at radius 3 is 2.30 bits per heavy atom. The summed E-state index contributed by atoms with van der Waals surface area (Å²) in [5, 5.41) is 0.181. The highest BCUT2D eigenvalue weighted by Crippen LogP contribution is 2.40. The minimum absolute atomic E-state index is 0.0976. The zero-order chi connectivity index (χ0) is 14.8. The summed E-state index contributed by atoms with van der Waals surface area (Å²) in [7, 11) is -1.86. The Morgan fingerprint density at radius 2 is 1.80 bits per heavy atom. The molecule has 108 valence electrons. The number of rotatable bonds is 4. The zero-order valence-corrected chi connectivity index (χ0v) is 14.0. The molecule has 0 aliphatic carbocycles. The number of benzene rings is 1. The Balaban J connectivity index is 2.35. The molecule has 0 bridgehead atoms. The SMILES string of the molecule is CC(C)(C)[Si](C)(C)OC(c1ccccc1)n1ccnc1. The second-order valence-electron chi connectivity index (χ2n) is 6.65. The molecule has 1 heterocycles. The Bertz CT molecular complexity index is 529. The minimum Gasteiger partial charge on any atom is -0.393 e. The van der Waals surface area contributed by atoms with Crippen molar-refractivity contribution in [3.8, 4) is 0 Å². The van der Waals surface area contributed by atoms with Crippen molar-refractivity contribution in [3.63, 3.8) is 0 Å². The van der Waals surface area contributed by atoms with E-state index in [1.54, 1.807) is 6.20 Å². The van der Waals surface area contributed by atoms with E-state index in [0.717, 1.165) is 5.56 Å². The van der Waals surface area contributed by atoms with Crippen LogP contribution >= 0.6 is 0 Å². The average Bonchev–Trinajstić information content (AvgIpc) is 2.89. The monoisotopic (exact) mass is 288 g/mol. The highest BCUT2D eigenvalue weighted by molar-refractivity contribution is 6.74. The smallest absolute Gasteiger partial charge is 0.195 e. The van der Waals surface area contributed by atoms with Crippen molar-refractivity contribution in [2.24, 2.45) is 0 Å². The third-order valence-electron chi connectivity index (χ3n) is 4.09. The molecule has 0 N–H and O–H groups in total. The van der Waals surface area contributed by atoms with Crippen molar-refractivity contribution in [2.75, 3.05) is 0 Å². The molecule has 1 aromatic carbocycles. The van der Waals surface area contributed by atoms with Gasteiger partial charge in [0, 0.05) is 18.0 Å². The van der Waals surface area contributed by atoms with Gasteiger partial charge in [0.2, 0.25) is 0 Å². The lowest BCUT2D eigenvalue weighted by Gasteiger charge is -2.39. The molecule has 20 heavy (non-hydrogen) atoms. The lowest BCUT2D eigenvalue weighted by Crippen LogP contribution is -2.43. The van der Waals surface area contributed by atoms with Crippen LogP contribution in [-0.2, 0) is 4.43 Å². The van der Waals surface area contributed by atoms with Gasteiger partial charge < -0.3 is 8.99 Å². The maximum Gasteiger partial charge on any atom is 0.195 e. The third-order valence-corrected chi connectivity index (χ3v) is 8.52. The molecular weight excluding hydrogens is 264 g/mol. The molecule has 0 fully saturated rings. The Kier molecular flexibility index (Phi) is 4.16. The van der Waals surface area contributed by atoms with Crippen molar-refractivity contribution >= 4 is 8.32 Å². The summed E-state index contributed by atoms with van der Waals surface area (Å²) in [4.78, 5) is 4.16. The van der Waals surface area contributed by atoms with E-state index in [-0.39, 0.29) is 11.3 Å². The molecule has 1 aromatic heterocycles. The summed E-state index contributed by atoms with van der Waals surface area (Å²) < 4.78 is 8.63. The standard InChI is InChI=1S/C16H24N2OSi/c1-16(2,3)20(4,5)19-15(18-12-11-17-13-18)14-9-7-6-8-10-14/h6-13,15H,1-5H3. The van der Waals surface area contributed by atoms with Crippen LogP contribution < -0.4 is 0 Å². The van der Waals surface area contributed by atoms with Gasteiger partial charge in [-0.25, -0.2) is 4.98 Å². The average molecular weight is 288 g/mol. The maximum atomic E-state index is 6.59. The van der Waals surface area contributed by atoms with E-state index >= 15 is 0 Å². The van der Waals surface area contributed by atoms with Gasteiger partial charge in [-0.1, -0.05) is 51.1 Å². The molecule has 2 rings (SSSR count). The number of aromatic nitrogens is 2. The lowest BCUT2D eigenvalue weighted by atomic mass is 10.2. The first kappa shape index (κ1) is 15.0. The van der Waals surface area contributed by atoms with E-state index in [0.29, 0.717) is 0 Å². The minimum atomic E-state index is -1.86. The predicted molar refractivity (Wildman–Crippen MR) is 85.1 cm³/mol. The van der Waals surface area contributed by atoms with Crippen LogP contribution in [0, 0.1) is 0 Å². The van der Waals surface area contributed by atoms with Gasteiger partial charge in [0.05, 0.1) is 6.33 Å². The number of hydrogen-bond donors (Lipinski definition) is 0. The first-order valence-corrected chi connectivity index (χ1v) is 9.92. The highest BCUT2D eigenvalue weighted by atomic mass is 28.4. The van der Waals surface area contributed by atoms with E-state index in [9.17, 15) is 0 Å². The van der Waals surface area contributed by atoms with E-state index in [4.69, 9.17) is 4.43 Å². The normalized spacial score (nSPS) is 14.2. The third kappa shape index (κ3) is 3.19. The van der Waals surface area contributed by atoms with E-state index in [2.05, 4.69) is 51.0 Å². The van der Waals surface area contributed by atoms with Crippen LogP contribution in [-0.4, -0.2) is 17.9 Å². The Morgan fingerprint density at radius 1 is 1.15 bits per heavy atom. The second kappa shape index (κ2) is 5.54. The molecule has 4 heteroatoms. The van der Waals surface area contributed by atoms with Crippen molar-refractivity contribution in [2.45, 2.75) is 45.1 Å². The first-order valence-electron chi connectivity index (χ1n) is 7.01. The fourth-order valence-electron chi connectivity index (χ4n) is 1.78. The summed E-state index contributed by atoms with van der Waals surface area (Å²) in [6, 6.07) is 10.3. The molecule has 2 aromatic rings. The van der Waals surface area contributed by atoms with Gasteiger partial charge in [0.15, 0.2) is 14.5 Å². The molecule has 3 nitrogen and oxygen atoms in total. The van der Waals surface area contributed by atoms with Crippen LogP contribution in [0.1, 0.15) is 32.6 Å². The van der Waals surface area contributed by atoms with Crippen molar-refractivity contribution < 1.29 is 4.43 Å². The molecular formula is C16H24N2OSi. The quantitative estimate of drug-likeness (QED) is 0.777. The molecule has 0 aliphatic heterocycles. The number of nitrogens with zero attached hydrogens (tertiary/aromatic N) is 2. The van der Waals surface area contributed by atoms with Crippen molar-refractivity contribution in [1.29, 1.82) is 0 Å². The van der Waals surface area contributed by atoms with Gasteiger partial charge in [-0.05, 0) is 18.1 Å². The molecule has 1 atom stereocenters. The van der Waals surface area contributed by atoms with E-state index in [1.807, 2.05) is 35.3 Å². The predicted octanol–water partition coefficient (Wildman–Crippen LogP) is 4.45. The summed E-state index contributed by atoms with van der Waals surface area (Å²) >= 11 is 0. The molecule has 0 spiro atoms. The fourth-order valence-corrected chi connectivity index (χ4v) is 2.95. The number of hydrogen-bond acceptors (Lipinski definition) is 2. The molecule has 0 radical (unpaired) electrons. The molecule has 1 unspecified atom stereocenters. The highest BCUT2D eigenvalue weighted by Gasteiger charge is 2.39. The summed E-state index contributed by atoms with van der Waals surface area (Å²) in [6.45, 7) is 11.3. The van der Waals surface area contributed by atoms with Crippen molar-refractivity contribution in [3.05, 3.63) is 54.6 Å². The maximum absolute atomic E-state index is 6.59. The molecule has 0 aliphatic rings. The Labute approximate surface area is 122 Å². The van der Waals surface area contributed by atoms with Crippen LogP contribution in [0.4, 0.5) is 0 Å². The largest absolute Gasteiger partial charge is 0.393 e. The molecule has 0 saturated heterocycles. The van der Waals surface area contributed by atoms with Crippen LogP contribution in [0.25, 0.3) is 0 Å². The van der Waals surface area contributed by atoms with Crippen LogP contribution in [0.3, 0.4) is 0 Å². The summed E-state index contributed by atoms with van der Waals surface area (Å²) in [6.07, 6.45) is 5.49. The lowest BCUT2D eigenvalue weighted by molar-refractivity contribution is 0.153. The fraction of sp³-hybridized carbons (Fsp3) is 0.438. The van der Waals surface area contributed by atoms with E-state index < -0.39 is 8.32 Å². The zero-order valence-electron chi connectivity index (χ0n) is 13.0. The molecule has 0 saturated carbocycles. The molecule has 0 amide bonds. The number of imidazole rings is 1. The van der Waals surface area contributed by atoms with Crippen LogP contribution in [0.5, 0.6) is 0 Å². The summed E-state index contributed by atoms with van der Waals surface area (Å²) in [5.41, 5.74) is 1.16. The first-order chi connectivity index (χ1) is 9.31. The second-order valence-corrected chi connectivity index (χ2v) is 11.4. The van der Waals surface area contributed by atoms with Gasteiger partial charge in [0.25, 0.3) is 0 Å². The van der Waals surface area contributed by atoms with Gasteiger partial charge in [0.1, 0.15) is 0 Å². The van der Waals surface area contributed by atoms with Crippen LogP contribution in [0.15, 0.2) is 49.1 Å². The van der Waals surface area contributed by atoms with Gasteiger partial charge in [-0.2, -0.15) is 0 Å². The topological polar surface area (TPSA) is 27.1 Å². The summed E-state index contributed by atoms with van der Waals surface area (Å²) in [5.74, 6) is 0.